The molecular weight excluding hydrogens is 258 g/mol. The zero-order valence-electron chi connectivity index (χ0n) is 12.7. The highest BCUT2D eigenvalue weighted by molar-refractivity contribution is 5.88. The van der Waals surface area contributed by atoms with Crippen LogP contribution in [0, 0.1) is 0 Å². The molecule has 1 saturated heterocycles. The van der Waals surface area contributed by atoms with Crippen LogP contribution < -0.4 is 0 Å². The second-order valence-electron chi connectivity index (χ2n) is 6.07. The van der Waals surface area contributed by atoms with Crippen molar-refractivity contribution < 1.29 is 14.3 Å². The van der Waals surface area contributed by atoms with Crippen molar-refractivity contribution in [3.05, 3.63) is 11.4 Å². The van der Waals surface area contributed by atoms with Gasteiger partial charge in [-0.1, -0.05) is 26.0 Å². The number of esters is 1. The van der Waals surface area contributed by atoms with Crippen molar-refractivity contribution in [2.45, 2.75) is 52.0 Å². The van der Waals surface area contributed by atoms with Gasteiger partial charge in [-0.05, 0) is 19.8 Å². The zero-order valence-corrected chi connectivity index (χ0v) is 12.7. The van der Waals surface area contributed by atoms with Crippen molar-refractivity contribution in [1.29, 1.82) is 0 Å². The molecule has 0 aliphatic carbocycles. The third-order valence-electron chi connectivity index (χ3n) is 3.36. The minimum Gasteiger partial charge on any atom is -0.461 e. The fourth-order valence-corrected chi connectivity index (χ4v) is 2.50. The molecule has 0 bridgehead atoms. The van der Waals surface area contributed by atoms with Crippen molar-refractivity contribution in [1.82, 2.24) is 15.0 Å². The van der Waals surface area contributed by atoms with Crippen molar-refractivity contribution in [3.63, 3.8) is 0 Å². The normalized spacial score (nSPS) is 19.9. The Balaban J connectivity index is 2.39. The lowest BCUT2D eigenvalue weighted by molar-refractivity contribution is 0.0500. The highest BCUT2D eigenvalue weighted by Crippen LogP contribution is 2.30. The predicted molar refractivity (Wildman–Crippen MR) is 73.8 cm³/mol. The summed E-state index contributed by atoms with van der Waals surface area (Å²) in [5.74, 6) is -0.402. The summed E-state index contributed by atoms with van der Waals surface area (Å²) in [6.45, 7) is 9.68. The number of carbonyl (C=O) groups excluding carboxylic acids is 1. The molecule has 1 unspecified atom stereocenters. The van der Waals surface area contributed by atoms with E-state index in [2.05, 4.69) is 31.1 Å². The minimum absolute atomic E-state index is 0.147. The van der Waals surface area contributed by atoms with Crippen LogP contribution in [0.1, 0.15) is 62.8 Å². The highest BCUT2D eigenvalue weighted by atomic mass is 16.5. The number of rotatable bonds is 3. The van der Waals surface area contributed by atoms with Crippen LogP contribution in [-0.2, 0) is 14.9 Å². The summed E-state index contributed by atoms with van der Waals surface area (Å²) in [5.41, 5.74) is 0.916. The molecule has 1 aliphatic rings. The molecule has 1 fully saturated rings. The first kappa shape index (κ1) is 15.0. The molecule has 1 aliphatic heterocycles. The molecule has 6 heteroatoms. The molecule has 1 atom stereocenters. The van der Waals surface area contributed by atoms with Gasteiger partial charge in [-0.25, -0.2) is 9.48 Å². The smallest absolute Gasteiger partial charge is 0.360 e. The van der Waals surface area contributed by atoms with Gasteiger partial charge in [0.25, 0.3) is 0 Å². The van der Waals surface area contributed by atoms with Crippen LogP contribution in [-0.4, -0.2) is 40.8 Å². The van der Waals surface area contributed by atoms with Crippen molar-refractivity contribution in [2.24, 2.45) is 0 Å². The van der Waals surface area contributed by atoms with E-state index >= 15 is 0 Å². The average Bonchev–Trinajstić information content (AvgIpc) is 2.84. The maximum absolute atomic E-state index is 12.0. The van der Waals surface area contributed by atoms with Gasteiger partial charge in [0.2, 0.25) is 0 Å². The van der Waals surface area contributed by atoms with E-state index in [-0.39, 0.29) is 11.5 Å². The van der Waals surface area contributed by atoms with Crippen LogP contribution in [0.3, 0.4) is 0 Å². The SMILES string of the molecule is CCOC(=O)c1nnn(C2CCCOC2)c1C(C)(C)C. The number of carbonyl (C=O) groups is 1. The van der Waals surface area contributed by atoms with Crippen LogP contribution in [0.15, 0.2) is 0 Å². The summed E-state index contributed by atoms with van der Waals surface area (Å²) in [6.07, 6.45) is 2.00. The Morgan fingerprint density at radius 2 is 2.25 bits per heavy atom. The molecule has 0 aromatic carbocycles. The van der Waals surface area contributed by atoms with Gasteiger partial charge in [0, 0.05) is 12.0 Å². The molecule has 2 heterocycles. The lowest BCUT2D eigenvalue weighted by atomic mass is 9.89. The Morgan fingerprint density at radius 1 is 1.50 bits per heavy atom. The lowest BCUT2D eigenvalue weighted by Crippen LogP contribution is -2.29. The van der Waals surface area contributed by atoms with Gasteiger partial charge >= 0.3 is 5.97 Å². The molecule has 1 aromatic heterocycles. The summed E-state index contributed by atoms with van der Waals surface area (Å²) in [6, 6.07) is 0.147. The Hall–Kier alpha value is -1.43. The second kappa shape index (κ2) is 5.91. The van der Waals surface area contributed by atoms with Gasteiger partial charge in [-0.3, -0.25) is 0 Å². The second-order valence-corrected chi connectivity index (χ2v) is 6.07. The molecule has 0 amide bonds. The van der Waals surface area contributed by atoms with E-state index in [0.717, 1.165) is 25.1 Å². The number of ether oxygens (including phenoxy) is 2. The van der Waals surface area contributed by atoms with Crippen LogP contribution >= 0.6 is 0 Å². The lowest BCUT2D eigenvalue weighted by Gasteiger charge is -2.28. The fraction of sp³-hybridized carbons (Fsp3) is 0.786. The van der Waals surface area contributed by atoms with Gasteiger partial charge in [0.1, 0.15) is 0 Å². The van der Waals surface area contributed by atoms with E-state index in [9.17, 15) is 4.79 Å². The van der Waals surface area contributed by atoms with Crippen molar-refractivity contribution in [2.75, 3.05) is 19.8 Å². The first-order valence-electron chi connectivity index (χ1n) is 7.15. The van der Waals surface area contributed by atoms with E-state index in [4.69, 9.17) is 9.47 Å². The quantitative estimate of drug-likeness (QED) is 0.794. The van der Waals surface area contributed by atoms with Crippen LogP contribution in [0.4, 0.5) is 0 Å². The van der Waals surface area contributed by atoms with Gasteiger partial charge in [-0.2, -0.15) is 0 Å². The van der Waals surface area contributed by atoms with Crippen LogP contribution in [0.25, 0.3) is 0 Å². The highest BCUT2D eigenvalue weighted by Gasteiger charge is 2.33. The summed E-state index contributed by atoms with van der Waals surface area (Å²) in [4.78, 5) is 12.0. The van der Waals surface area contributed by atoms with Gasteiger partial charge < -0.3 is 9.47 Å². The van der Waals surface area contributed by atoms with Gasteiger partial charge in [-0.15, -0.1) is 5.10 Å². The molecule has 20 heavy (non-hydrogen) atoms. The monoisotopic (exact) mass is 281 g/mol. The summed E-state index contributed by atoms with van der Waals surface area (Å²) in [7, 11) is 0. The summed E-state index contributed by atoms with van der Waals surface area (Å²) >= 11 is 0. The topological polar surface area (TPSA) is 66.2 Å². The zero-order chi connectivity index (χ0) is 14.8. The maximum Gasteiger partial charge on any atom is 0.360 e. The maximum atomic E-state index is 12.0. The van der Waals surface area contributed by atoms with E-state index in [0.29, 0.717) is 18.9 Å². The van der Waals surface area contributed by atoms with E-state index < -0.39 is 5.97 Å². The van der Waals surface area contributed by atoms with Crippen molar-refractivity contribution >= 4 is 5.97 Å². The van der Waals surface area contributed by atoms with Crippen LogP contribution in [0.5, 0.6) is 0 Å². The Bertz CT molecular complexity index is 470. The first-order valence-corrected chi connectivity index (χ1v) is 7.15. The number of nitrogens with zero attached hydrogens (tertiary/aromatic N) is 3. The third kappa shape index (κ3) is 3.00. The summed E-state index contributed by atoms with van der Waals surface area (Å²) < 4.78 is 12.4. The standard InChI is InChI=1S/C14H23N3O3/c1-5-20-13(18)11-12(14(2,3)4)17(16-15-11)10-7-6-8-19-9-10/h10H,5-9H2,1-4H3. The molecule has 112 valence electrons. The number of hydrogen-bond acceptors (Lipinski definition) is 5. The molecule has 0 saturated carbocycles. The van der Waals surface area contributed by atoms with Gasteiger partial charge in [0.15, 0.2) is 5.69 Å². The number of hydrogen-bond donors (Lipinski definition) is 0. The molecular formula is C14H23N3O3. The summed E-state index contributed by atoms with van der Waals surface area (Å²) in [5, 5.41) is 8.25. The van der Waals surface area contributed by atoms with E-state index in [1.807, 2.05) is 4.68 Å². The van der Waals surface area contributed by atoms with E-state index in [1.165, 1.54) is 0 Å². The number of aromatic nitrogens is 3. The molecule has 0 radical (unpaired) electrons. The Morgan fingerprint density at radius 3 is 2.80 bits per heavy atom. The minimum atomic E-state index is -0.402. The predicted octanol–water partition coefficient (Wildman–Crippen LogP) is 2.10. The first-order chi connectivity index (χ1) is 9.45. The third-order valence-corrected chi connectivity index (χ3v) is 3.36. The Kier molecular flexibility index (Phi) is 4.42. The molecule has 0 N–H and O–H groups in total. The van der Waals surface area contributed by atoms with Crippen LogP contribution in [0.2, 0.25) is 0 Å². The Labute approximate surface area is 119 Å². The van der Waals surface area contributed by atoms with Gasteiger partial charge in [0.05, 0.1) is 24.9 Å². The van der Waals surface area contributed by atoms with Crippen molar-refractivity contribution in [3.8, 4) is 0 Å². The molecule has 2 rings (SSSR count). The molecule has 6 nitrogen and oxygen atoms in total. The largest absolute Gasteiger partial charge is 0.461 e. The molecule has 1 aromatic rings. The average molecular weight is 281 g/mol. The molecule has 0 spiro atoms. The van der Waals surface area contributed by atoms with E-state index in [1.54, 1.807) is 6.92 Å². The fourth-order valence-electron chi connectivity index (χ4n) is 2.50.